The largest absolute Gasteiger partial charge is 0.313 e. The minimum atomic E-state index is -0.283. The summed E-state index contributed by atoms with van der Waals surface area (Å²) in [5.41, 5.74) is 1.88. The lowest BCUT2D eigenvalue weighted by Gasteiger charge is -2.12. The molecule has 0 saturated heterocycles. The normalized spacial score (nSPS) is 16.8. The van der Waals surface area contributed by atoms with Gasteiger partial charge in [-0.15, -0.1) is 0 Å². The van der Waals surface area contributed by atoms with Gasteiger partial charge in [-0.3, -0.25) is 14.8 Å². The molecule has 0 atom stereocenters. The molecule has 6 heteroatoms. The fraction of sp³-hybridized carbons (Fsp3) is 0.750. The number of alkyl halides is 1. The van der Waals surface area contributed by atoms with Crippen LogP contribution in [0.15, 0.2) is 0 Å². The number of hydrogen-bond donors (Lipinski definition) is 0. The van der Waals surface area contributed by atoms with Crippen LogP contribution in [-0.2, 0) is 19.4 Å². The van der Waals surface area contributed by atoms with Gasteiger partial charge in [0.25, 0.3) is 0 Å². The van der Waals surface area contributed by atoms with Crippen molar-refractivity contribution in [1.29, 1.82) is 0 Å². The summed E-state index contributed by atoms with van der Waals surface area (Å²) >= 11 is 3.53. The number of halogens is 1. The van der Waals surface area contributed by atoms with Crippen LogP contribution in [0.25, 0.3) is 0 Å². The number of rotatable bonds is 6. The fourth-order valence-electron chi connectivity index (χ4n) is 2.30. The quantitative estimate of drug-likeness (QED) is 0.460. The van der Waals surface area contributed by atoms with Gasteiger partial charge in [-0.05, 0) is 31.1 Å². The third kappa shape index (κ3) is 2.30. The Bertz CT molecular complexity index is 466. The molecule has 1 aliphatic carbocycles. The van der Waals surface area contributed by atoms with Gasteiger partial charge in [-0.25, -0.2) is 0 Å². The van der Waals surface area contributed by atoms with Gasteiger partial charge in [0.05, 0.1) is 4.92 Å². The Kier molecular flexibility index (Phi) is 3.75. The predicted molar refractivity (Wildman–Crippen MR) is 73.1 cm³/mol. The lowest BCUT2D eigenvalue weighted by atomic mass is 10.1. The lowest BCUT2D eigenvalue weighted by molar-refractivity contribution is -0.386. The minimum Gasteiger partial charge on any atom is -0.262 e. The van der Waals surface area contributed by atoms with E-state index in [0.29, 0.717) is 18.5 Å². The fourth-order valence-corrected chi connectivity index (χ4v) is 3.04. The summed E-state index contributed by atoms with van der Waals surface area (Å²) in [6, 6.07) is 0. The van der Waals surface area contributed by atoms with E-state index in [1.54, 1.807) is 0 Å². The van der Waals surface area contributed by atoms with E-state index in [2.05, 4.69) is 21.0 Å². The molecule has 1 heterocycles. The molecule has 0 N–H and O–H groups in total. The molecule has 0 unspecified atom stereocenters. The van der Waals surface area contributed by atoms with Crippen molar-refractivity contribution in [2.45, 2.75) is 46.1 Å². The molecule has 1 fully saturated rings. The predicted octanol–water partition coefficient (Wildman–Crippen LogP) is 3.09. The Balaban J connectivity index is 2.38. The summed E-state index contributed by atoms with van der Waals surface area (Å²) < 4.78 is 1.87. The van der Waals surface area contributed by atoms with Crippen LogP contribution in [0.3, 0.4) is 0 Å². The molecule has 1 aromatic rings. The first-order chi connectivity index (χ1) is 8.56. The van der Waals surface area contributed by atoms with Gasteiger partial charge in [-0.2, -0.15) is 5.10 Å². The van der Waals surface area contributed by atoms with Crippen molar-refractivity contribution in [3.8, 4) is 0 Å². The van der Waals surface area contributed by atoms with Crippen LogP contribution in [0.5, 0.6) is 0 Å². The second-order valence-electron chi connectivity index (χ2n) is 5.00. The zero-order chi connectivity index (χ0) is 13.3. The van der Waals surface area contributed by atoms with Crippen molar-refractivity contribution in [2.75, 3.05) is 5.33 Å². The molecule has 0 radical (unpaired) electrons. The van der Waals surface area contributed by atoms with E-state index in [1.807, 2.05) is 18.5 Å². The minimum absolute atomic E-state index is 0.227. The number of aromatic nitrogens is 2. The average molecular weight is 316 g/mol. The number of aryl methyl sites for hydroxylation is 1. The van der Waals surface area contributed by atoms with Crippen molar-refractivity contribution in [2.24, 2.45) is 5.41 Å². The smallest absolute Gasteiger partial charge is 0.262 e. The molecule has 100 valence electrons. The van der Waals surface area contributed by atoms with E-state index in [1.165, 1.54) is 12.8 Å². The Morgan fingerprint density at radius 3 is 2.50 bits per heavy atom. The molecule has 0 spiro atoms. The van der Waals surface area contributed by atoms with Crippen LogP contribution in [0, 0.1) is 15.5 Å². The second-order valence-corrected chi connectivity index (χ2v) is 5.56. The molecule has 0 aliphatic heterocycles. The molecule has 1 aliphatic rings. The van der Waals surface area contributed by atoms with Crippen molar-refractivity contribution in [1.82, 2.24) is 9.78 Å². The maximum absolute atomic E-state index is 11.2. The van der Waals surface area contributed by atoms with Gasteiger partial charge < -0.3 is 0 Å². The molecule has 5 nitrogen and oxygen atoms in total. The number of hydrogen-bond acceptors (Lipinski definition) is 3. The second kappa shape index (κ2) is 4.99. The number of nitrogens with zero attached hydrogens (tertiary/aromatic N) is 3. The zero-order valence-electron chi connectivity index (χ0n) is 10.8. The highest BCUT2D eigenvalue weighted by Gasteiger charge is 2.43. The van der Waals surface area contributed by atoms with E-state index >= 15 is 0 Å². The third-order valence-corrected chi connectivity index (χ3v) is 4.87. The Morgan fingerprint density at radius 1 is 1.44 bits per heavy atom. The van der Waals surface area contributed by atoms with Gasteiger partial charge in [0, 0.05) is 11.9 Å². The Labute approximate surface area is 115 Å². The van der Waals surface area contributed by atoms with Crippen molar-refractivity contribution < 1.29 is 4.92 Å². The summed E-state index contributed by atoms with van der Waals surface area (Å²) in [6.07, 6.45) is 3.62. The van der Waals surface area contributed by atoms with Gasteiger partial charge in [0.1, 0.15) is 11.4 Å². The highest BCUT2D eigenvalue weighted by molar-refractivity contribution is 9.09. The number of nitro groups is 1. The average Bonchev–Trinajstić information content (AvgIpc) is 3.03. The molecule has 0 amide bonds. The van der Waals surface area contributed by atoms with E-state index in [0.717, 1.165) is 17.6 Å². The maximum Gasteiger partial charge on any atom is 0.313 e. The zero-order valence-corrected chi connectivity index (χ0v) is 12.4. The topological polar surface area (TPSA) is 61.0 Å². The van der Waals surface area contributed by atoms with Crippen LogP contribution in [0.1, 0.15) is 38.1 Å². The molecule has 0 bridgehead atoms. The highest BCUT2D eigenvalue weighted by atomic mass is 79.9. The highest BCUT2D eigenvalue weighted by Crippen LogP contribution is 2.48. The molecule has 2 rings (SSSR count). The van der Waals surface area contributed by atoms with E-state index in [4.69, 9.17) is 0 Å². The summed E-state index contributed by atoms with van der Waals surface area (Å²) in [5.74, 6) is 0. The van der Waals surface area contributed by atoms with Crippen molar-refractivity contribution in [3.05, 3.63) is 21.5 Å². The van der Waals surface area contributed by atoms with Crippen LogP contribution in [0.2, 0.25) is 0 Å². The molecule has 1 saturated carbocycles. The molecule has 0 aromatic carbocycles. The van der Waals surface area contributed by atoms with Crippen molar-refractivity contribution >= 4 is 21.6 Å². The monoisotopic (exact) mass is 315 g/mol. The lowest BCUT2D eigenvalue weighted by Crippen LogP contribution is -2.16. The summed E-state index contributed by atoms with van der Waals surface area (Å²) in [6.45, 7) is 4.66. The van der Waals surface area contributed by atoms with Gasteiger partial charge >= 0.3 is 5.69 Å². The van der Waals surface area contributed by atoms with Gasteiger partial charge in [0.15, 0.2) is 0 Å². The SMILES string of the molecule is CCc1nn(CC2(CBr)CC2)c(CC)c1[N+](=O)[O-]. The first-order valence-corrected chi connectivity index (χ1v) is 7.48. The summed E-state index contributed by atoms with van der Waals surface area (Å²) in [7, 11) is 0. The summed E-state index contributed by atoms with van der Waals surface area (Å²) in [4.78, 5) is 10.9. The van der Waals surface area contributed by atoms with Crippen molar-refractivity contribution in [3.63, 3.8) is 0 Å². The van der Waals surface area contributed by atoms with Crippen LogP contribution in [0.4, 0.5) is 5.69 Å². The van der Waals surface area contributed by atoms with Gasteiger partial charge in [-0.1, -0.05) is 29.8 Å². The summed E-state index contributed by atoms with van der Waals surface area (Å²) in [5, 5.41) is 16.6. The first-order valence-electron chi connectivity index (χ1n) is 6.35. The van der Waals surface area contributed by atoms with E-state index in [-0.39, 0.29) is 16.0 Å². The van der Waals surface area contributed by atoms with Crippen LogP contribution in [-0.4, -0.2) is 20.0 Å². The molecular formula is C12H18BrN3O2. The third-order valence-electron chi connectivity index (χ3n) is 3.68. The molecule has 1 aromatic heterocycles. The molecular weight excluding hydrogens is 298 g/mol. The van der Waals surface area contributed by atoms with E-state index < -0.39 is 0 Å². The van der Waals surface area contributed by atoms with Crippen LogP contribution < -0.4 is 0 Å². The Morgan fingerprint density at radius 2 is 2.11 bits per heavy atom. The Hall–Kier alpha value is -0.910. The first kappa shape index (κ1) is 13.5. The molecule has 18 heavy (non-hydrogen) atoms. The van der Waals surface area contributed by atoms with E-state index in [9.17, 15) is 10.1 Å². The maximum atomic E-state index is 11.2. The van der Waals surface area contributed by atoms with Gasteiger partial charge in [0.2, 0.25) is 0 Å². The van der Waals surface area contributed by atoms with Crippen LogP contribution >= 0.6 is 15.9 Å². The standard InChI is InChI=1S/C12H18BrN3O2/c1-3-9-11(16(17)18)10(4-2)15(14-9)8-12(7-13)5-6-12/h3-8H2,1-2H3.